The molecule has 1 rings (SSSR count). The summed E-state index contributed by atoms with van der Waals surface area (Å²) >= 11 is 1.05. The van der Waals surface area contributed by atoms with Gasteiger partial charge in [0.1, 0.15) is 4.21 Å². The fourth-order valence-electron chi connectivity index (χ4n) is 1.05. The number of hydrogen-bond acceptors (Lipinski definition) is 5. The van der Waals surface area contributed by atoms with Crippen molar-refractivity contribution in [2.24, 2.45) is 5.14 Å². The van der Waals surface area contributed by atoms with E-state index in [9.17, 15) is 8.42 Å². The van der Waals surface area contributed by atoms with E-state index in [-0.39, 0.29) is 10.8 Å². The normalized spacial score (nSPS) is 11.3. The highest BCUT2D eigenvalue weighted by Gasteiger charge is 2.09. The van der Waals surface area contributed by atoms with Gasteiger partial charge in [-0.2, -0.15) is 0 Å². The minimum absolute atomic E-state index is 0.0900. The molecule has 0 bridgehead atoms. The quantitative estimate of drug-likeness (QED) is 0.737. The van der Waals surface area contributed by atoms with E-state index in [0.717, 1.165) is 11.3 Å². The van der Waals surface area contributed by atoms with E-state index in [1.807, 2.05) is 11.9 Å². The van der Waals surface area contributed by atoms with Gasteiger partial charge >= 0.3 is 0 Å². The van der Waals surface area contributed by atoms with E-state index in [4.69, 9.17) is 10.2 Å². The van der Waals surface area contributed by atoms with Gasteiger partial charge in [-0.1, -0.05) is 11.8 Å². The van der Waals surface area contributed by atoms with Crippen LogP contribution in [-0.2, 0) is 10.0 Å². The zero-order valence-corrected chi connectivity index (χ0v) is 11.0. The second kappa shape index (κ2) is 6.14. The summed E-state index contributed by atoms with van der Waals surface area (Å²) in [5, 5.41) is 13.7. The molecule has 7 heteroatoms. The molecule has 1 heterocycles. The Morgan fingerprint density at radius 3 is 2.76 bits per heavy atom. The molecule has 94 valence electrons. The van der Waals surface area contributed by atoms with Gasteiger partial charge in [0.25, 0.3) is 0 Å². The van der Waals surface area contributed by atoms with Crippen LogP contribution in [0.5, 0.6) is 0 Å². The fourth-order valence-corrected chi connectivity index (χ4v) is 2.66. The van der Waals surface area contributed by atoms with Crippen molar-refractivity contribution in [1.82, 2.24) is 4.90 Å². The molecule has 0 amide bonds. The molecule has 5 nitrogen and oxygen atoms in total. The maximum absolute atomic E-state index is 11.0. The second-order valence-electron chi connectivity index (χ2n) is 3.43. The maximum Gasteiger partial charge on any atom is 0.247 e. The largest absolute Gasteiger partial charge is 0.395 e. The summed E-state index contributed by atoms with van der Waals surface area (Å²) in [4.78, 5) is 2.52. The molecule has 0 radical (unpaired) electrons. The average molecular weight is 274 g/mol. The minimum atomic E-state index is -3.62. The van der Waals surface area contributed by atoms with Crippen LogP contribution in [0.2, 0.25) is 0 Å². The monoisotopic (exact) mass is 274 g/mol. The van der Waals surface area contributed by atoms with Crippen LogP contribution in [0.1, 0.15) is 4.88 Å². The number of aliphatic hydroxyl groups is 1. The lowest BCUT2D eigenvalue weighted by Crippen LogP contribution is -2.22. The highest BCUT2D eigenvalue weighted by atomic mass is 32.2. The lowest BCUT2D eigenvalue weighted by Gasteiger charge is -2.09. The van der Waals surface area contributed by atoms with Gasteiger partial charge in [-0.05, 0) is 19.2 Å². The van der Waals surface area contributed by atoms with Gasteiger partial charge in [0.2, 0.25) is 10.0 Å². The minimum Gasteiger partial charge on any atom is -0.395 e. The highest BCUT2D eigenvalue weighted by Crippen LogP contribution is 2.18. The summed E-state index contributed by atoms with van der Waals surface area (Å²) in [6.45, 7) is 1.16. The topological polar surface area (TPSA) is 83.6 Å². The third-order valence-corrected chi connectivity index (χ3v) is 4.34. The van der Waals surface area contributed by atoms with Crippen LogP contribution < -0.4 is 5.14 Å². The summed E-state index contributed by atoms with van der Waals surface area (Å²) in [6, 6.07) is 3.07. The molecule has 0 saturated carbocycles. The smallest absolute Gasteiger partial charge is 0.247 e. The van der Waals surface area contributed by atoms with Crippen molar-refractivity contribution in [2.75, 3.05) is 26.7 Å². The zero-order valence-electron chi connectivity index (χ0n) is 9.38. The van der Waals surface area contributed by atoms with Crippen molar-refractivity contribution in [3.8, 4) is 11.8 Å². The standard InChI is InChI=1S/C10H14N2O3S2/c1-12(7-8-13)6-2-3-9-4-5-10(16-9)17(11,14)15/h4-5,13H,6-8H2,1H3,(H2,11,14,15). The van der Waals surface area contributed by atoms with Crippen molar-refractivity contribution in [2.45, 2.75) is 4.21 Å². The molecule has 0 unspecified atom stereocenters. The first-order chi connectivity index (χ1) is 7.93. The molecule has 0 saturated heterocycles. The lowest BCUT2D eigenvalue weighted by molar-refractivity contribution is 0.234. The van der Waals surface area contributed by atoms with E-state index < -0.39 is 10.0 Å². The molecule has 3 N–H and O–H groups in total. The summed E-state index contributed by atoms with van der Waals surface area (Å²) in [6.07, 6.45) is 0. The lowest BCUT2D eigenvalue weighted by atomic mass is 10.4. The van der Waals surface area contributed by atoms with E-state index in [2.05, 4.69) is 11.8 Å². The summed E-state index contributed by atoms with van der Waals surface area (Å²) in [5.74, 6) is 5.74. The zero-order chi connectivity index (χ0) is 12.9. The summed E-state index contributed by atoms with van der Waals surface area (Å²) in [7, 11) is -1.78. The first kappa shape index (κ1) is 14.2. The van der Waals surface area contributed by atoms with Gasteiger partial charge in [-0.25, -0.2) is 13.6 Å². The molecule has 0 aliphatic carbocycles. The van der Waals surface area contributed by atoms with Crippen LogP contribution in [0.15, 0.2) is 16.3 Å². The number of primary sulfonamides is 1. The fraction of sp³-hybridized carbons (Fsp3) is 0.400. The molecule has 0 atom stereocenters. The Morgan fingerprint density at radius 2 is 2.24 bits per heavy atom. The Morgan fingerprint density at radius 1 is 1.53 bits per heavy atom. The van der Waals surface area contributed by atoms with E-state index in [1.54, 1.807) is 6.07 Å². The molecular weight excluding hydrogens is 260 g/mol. The number of thiophene rings is 1. The number of sulfonamides is 1. The number of likely N-dealkylation sites (N-methyl/N-ethyl adjacent to an activating group) is 1. The molecule has 0 aliphatic heterocycles. The first-order valence-corrected chi connectivity index (χ1v) is 7.20. The van der Waals surface area contributed by atoms with Gasteiger partial charge in [0.15, 0.2) is 0 Å². The van der Waals surface area contributed by atoms with Gasteiger partial charge in [0.05, 0.1) is 18.0 Å². The third-order valence-electron chi connectivity index (χ3n) is 1.90. The SMILES string of the molecule is CN(CC#Cc1ccc(S(N)(=O)=O)s1)CCO. The number of nitrogens with two attached hydrogens (primary N) is 1. The molecule has 0 aliphatic rings. The van der Waals surface area contributed by atoms with E-state index in [0.29, 0.717) is 18.0 Å². The Balaban J connectivity index is 2.65. The molecule has 0 aromatic carbocycles. The first-order valence-electron chi connectivity index (χ1n) is 4.84. The van der Waals surface area contributed by atoms with Gasteiger partial charge < -0.3 is 5.11 Å². The van der Waals surface area contributed by atoms with Crippen LogP contribution in [0.25, 0.3) is 0 Å². The predicted octanol–water partition coefficient (Wildman–Crippen LogP) is -0.329. The van der Waals surface area contributed by atoms with Crippen molar-refractivity contribution >= 4 is 21.4 Å². The average Bonchev–Trinajstić information content (AvgIpc) is 2.66. The number of nitrogens with zero attached hydrogens (tertiary/aromatic N) is 1. The Bertz CT molecular complexity index is 525. The van der Waals surface area contributed by atoms with Crippen molar-refractivity contribution in [1.29, 1.82) is 0 Å². The molecule has 0 spiro atoms. The molecule has 17 heavy (non-hydrogen) atoms. The Labute approximate surface area is 105 Å². The van der Waals surface area contributed by atoms with Crippen molar-refractivity contribution in [3.05, 3.63) is 17.0 Å². The molecule has 1 aromatic heterocycles. The van der Waals surface area contributed by atoms with E-state index >= 15 is 0 Å². The van der Waals surface area contributed by atoms with Gasteiger partial charge in [-0.3, -0.25) is 4.90 Å². The predicted molar refractivity (Wildman–Crippen MR) is 67.2 cm³/mol. The number of hydrogen-bond donors (Lipinski definition) is 2. The van der Waals surface area contributed by atoms with Gasteiger partial charge in [-0.15, -0.1) is 11.3 Å². The molecule has 1 aromatic rings. The highest BCUT2D eigenvalue weighted by molar-refractivity contribution is 7.91. The Hall–Kier alpha value is -0.910. The van der Waals surface area contributed by atoms with Crippen LogP contribution in [0, 0.1) is 11.8 Å². The van der Waals surface area contributed by atoms with E-state index in [1.165, 1.54) is 6.07 Å². The van der Waals surface area contributed by atoms with Crippen molar-refractivity contribution < 1.29 is 13.5 Å². The molecular formula is C10H14N2O3S2. The molecule has 0 fully saturated rings. The number of rotatable bonds is 4. The maximum atomic E-state index is 11.0. The van der Waals surface area contributed by atoms with Crippen LogP contribution >= 0.6 is 11.3 Å². The van der Waals surface area contributed by atoms with Crippen LogP contribution in [0.4, 0.5) is 0 Å². The van der Waals surface area contributed by atoms with Crippen molar-refractivity contribution in [3.63, 3.8) is 0 Å². The third kappa shape index (κ3) is 4.85. The Kier molecular flexibility index (Phi) is 5.11. The van der Waals surface area contributed by atoms with Gasteiger partial charge in [0, 0.05) is 6.54 Å². The number of aliphatic hydroxyl groups excluding tert-OH is 1. The van der Waals surface area contributed by atoms with Crippen LogP contribution in [0.3, 0.4) is 0 Å². The second-order valence-corrected chi connectivity index (χ2v) is 6.30. The van der Waals surface area contributed by atoms with Crippen LogP contribution in [-0.4, -0.2) is 45.2 Å². The summed E-state index contributed by atoms with van der Waals surface area (Å²) in [5.41, 5.74) is 0. The summed E-state index contributed by atoms with van der Waals surface area (Å²) < 4.78 is 22.2.